The number of nitro groups is 1. The zero-order valence-electron chi connectivity index (χ0n) is 14.4. The molecule has 2 aromatic rings. The second-order valence-corrected chi connectivity index (χ2v) is 5.22. The lowest BCUT2D eigenvalue weighted by Gasteiger charge is -2.12. The highest BCUT2D eigenvalue weighted by Crippen LogP contribution is 2.18. The van der Waals surface area contributed by atoms with Crippen molar-refractivity contribution in [2.75, 3.05) is 6.61 Å². The number of rotatable bonds is 8. The largest absolute Gasteiger partial charge is 0.493 e. The minimum Gasteiger partial charge on any atom is -0.493 e. The van der Waals surface area contributed by atoms with Gasteiger partial charge in [-0.2, -0.15) is 5.10 Å². The van der Waals surface area contributed by atoms with Crippen LogP contribution < -0.4 is 14.9 Å². The third-order valence-corrected chi connectivity index (χ3v) is 3.33. The number of hydrogen-bond donors (Lipinski definition) is 1. The van der Waals surface area contributed by atoms with Gasteiger partial charge in [-0.3, -0.25) is 14.9 Å². The molecular weight excluding hydrogens is 338 g/mol. The number of carbonyl (C=O) groups is 1. The highest BCUT2D eigenvalue weighted by molar-refractivity contribution is 5.86. The zero-order valence-corrected chi connectivity index (χ0v) is 14.4. The maximum atomic E-state index is 12.0. The van der Waals surface area contributed by atoms with Gasteiger partial charge in [0.2, 0.25) is 0 Å². The average Bonchev–Trinajstić information content (AvgIpc) is 2.63. The molecule has 0 bridgehead atoms. The van der Waals surface area contributed by atoms with Gasteiger partial charge in [-0.25, -0.2) is 5.43 Å². The average molecular weight is 357 g/mol. The number of nitrogens with zero attached hydrogens (tertiary/aromatic N) is 2. The van der Waals surface area contributed by atoms with E-state index in [1.165, 1.54) is 30.5 Å². The number of hydrazone groups is 1. The third kappa shape index (κ3) is 5.30. The van der Waals surface area contributed by atoms with Crippen molar-refractivity contribution in [3.63, 3.8) is 0 Å². The highest BCUT2D eigenvalue weighted by atomic mass is 16.6. The lowest BCUT2D eigenvalue weighted by Crippen LogP contribution is -2.33. The number of nitrogens with one attached hydrogen (secondary N) is 1. The van der Waals surface area contributed by atoms with Gasteiger partial charge in [-0.1, -0.05) is 12.1 Å². The van der Waals surface area contributed by atoms with Gasteiger partial charge in [-0.15, -0.1) is 0 Å². The van der Waals surface area contributed by atoms with E-state index < -0.39 is 16.9 Å². The van der Waals surface area contributed by atoms with Gasteiger partial charge in [0.05, 0.1) is 17.7 Å². The van der Waals surface area contributed by atoms with Gasteiger partial charge in [0.1, 0.15) is 11.5 Å². The number of ether oxygens (including phenoxy) is 2. The van der Waals surface area contributed by atoms with E-state index in [0.29, 0.717) is 18.1 Å². The van der Waals surface area contributed by atoms with E-state index >= 15 is 0 Å². The molecule has 0 unspecified atom stereocenters. The molecular formula is C18H19N3O5. The Labute approximate surface area is 150 Å². The molecule has 1 N–H and O–H groups in total. The van der Waals surface area contributed by atoms with E-state index in [1.807, 2.05) is 31.2 Å². The van der Waals surface area contributed by atoms with E-state index in [2.05, 4.69) is 10.5 Å². The first-order chi connectivity index (χ1) is 12.5. The molecule has 0 aliphatic rings. The number of benzene rings is 2. The smallest absolute Gasteiger partial charge is 0.280 e. The molecule has 0 radical (unpaired) electrons. The van der Waals surface area contributed by atoms with E-state index in [9.17, 15) is 14.9 Å². The van der Waals surface area contributed by atoms with E-state index in [-0.39, 0.29) is 5.69 Å². The van der Waals surface area contributed by atoms with E-state index in [4.69, 9.17) is 9.47 Å². The monoisotopic (exact) mass is 357 g/mol. The summed E-state index contributed by atoms with van der Waals surface area (Å²) < 4.78 is 10.9. The topological polar surface area (TPSA) is 103 Å². The first-order valence-corrected chi connectivity index (χ1v) is 7.97. The molecule has 8 nitrogen and oxygen atoms in total. The number of nitro benzene ring substituents is 1. The maximum Gasteiger partial charge on any atom is 0.280 e. The first kappa shape index (κ1) is 18.9. The molecule has 2 rings (SSSR count). The summed E-state index contributed by atoms with van der Waals surface area (Å²) >= 11 is 0. The summed E-state index contributed by atoms with van der Waals surface area (Å²) in [5.74, 6) is 0.570. The van der Waals surface area contributed by atoms with Crippen LogP contribution in [0.15, 0.2) is 53.6 Å². The Hall–Kier alpha value is -3.42. The summed E-state index contributed by atoms with van der Waals surface area (Å²) in [6.07, 6.45) is 0.664. The Morgan fingerprint density at radius 1 is 1.27 bits per heavy atom. The van der Waals surface area contributed by atoms with Gasteiger partial charge >= 0.3 is 0 Å². The number of hydrogen-bond acceptors (Lipinski definition) is 6. The lowest BCUT2D eigenvalue weighted by molar-refractivity contribution is -0.384. The van der Waals surface area contributed by atoms with Crippen molar-refractivity contribution in [1.29, 1.82) is 0 Å². The number of para-hydroxylation sites is 1. The van der Waals surface area contributed by atoms with Crippen LogP contribution >= 0.6 is 0 Å². The Morgan fingerprint density at radius 2 is 1.96 bits per heavy atom. The fraction of sp³-hybridized carbons (Fsp3) is 0.222. The molecule has 0 heterocycles. The molecule has 0 saturated heterocycles. The molecule has 1 amide bonds. The van der Waals surface area contributed by atoms with Crippen LogP contribution in [0.5, 0.6) is 11.5 Å². The first-order valence-electron chi connectivity index (χ1n) is 7.97. The molecule has 2 aromatic carbocycles. The summed E-state index contributed by atoms with van der Waals surface area (Å²) in [5.41, 5.74) is 3.08. The minimum atomic E-state index is -0.823. The summed E-state index contributed by atoms with van der Waals surface area (Å²) in [6, 6.07) is 12.8. The quantitative estimate of drug-likeness (QED) is 0.444. The predicted molar refractivity (Wildman–Crippen MR) is 96.5 cm³/mol. The van der Waals surface area contributed by atoms with Gasteiger partial charge in [0, 0.05) is 17.7 Å². The van der Waals surface area contributed by atoms with E-state index in [0.717, 1.165) is 5.56 Å². The summed E-state index contributed by atoms with van der Waals surface area (Å²) in [4.78, 5) is 22.1. The van der Waals surface area contributed by atoms with Crippen LogP contribution in [-0.2, 0) is 4.79 Å². The summed E-state index contributed by atoms with van der Waals surface area (Å²) in [6.45, 7) is 3.96. The molecule has 0 fully saturated rings. The van der Waals surface area contributed by atoms with Crippen LogP contribution in [0, 0.1) is 10.1 Å². The zero-order chi connectivity index (χ0) is 18.9. The van der Waals surface area contributed by atoms with E-state index in [1.54, 1.807) is 6.92 Å². The van der Waals surface area contributed by atoms with Crippen molar-refractivity contribution < 1.29 is 19.2 Å². The molecule has 0 aliphatic carbocycles. The van der Waals surface area contributed by atoms with Crippen LogP contribution in [-0.4, -0.2) is 29.8 Å². The van der Waals surface area contributed by atoms with Crippen LogP contribution in [0.1, 0.15) is 19.4 Å². The number of amides is 1. The van der Waals surface area contributed by atoms with Gasteiger partial charge in [0.15, 0.2) is 6.10 Å². The molecule has 26 heavy (non-hydrogen) atoms. The van der Waals surface area contributed by atoms with Gasteiger partial charge < -0.3 is 9.47 Å². The Bertz CT molecular complexity index is 790. The van der Waals surface area contributed by atoms with Gasteiger partial charge in [-0.05, 0) is 38.1 Å². The molecule has 0 saturated carbocycles. The van der Waals surface area contributed by atoms with Crippen LogP contribution in [0.3, 0.4) is 0 Å². The molecule has 1 atom stereocenters. The van der Waals surface area contributed by atoms with Crippen LogP contribution in [0.4, 0.5) is 5.69 Å². The summed E-state index contributed by atoms with van der Waals surface area (Å²) in [7, 11) is 0. The normalized spacial score (nSPS) is 11.8. The van der Waals surface area contributed by atoms with Gasteiger partial charge in [0.25, 0.3) is 11.6 Å². The Morgan fingerprint density at radius 3 is 2.62 bits per heavy atom. The Kier molecular flexibility index (Phi) is 6.67. The number of non-ortho nitro benzene ring substituents is 1. The third-order valence-electron chi connectivity index (χ3n) is 3.33. The van der Waals surface area contributed by atoms with Crippen LogP contribution in [0.2, 0.25) is 0 Å². The predicted octanol–water partition coefficient (Wildman–Crippen LogP) is 2.91. The molecule has 8 heteroatoms. The minimum absolute atomic E-state index is 0.0491. The SMILES string of the molecule is CCOc1ccccc1/C=N\NC(=O)[C@@H](C)Oc1ccc([N+](=O)[O-])cc1. The second-order valence-electron chi connectivity index (χ2n) is 5.22. The van der Waals surface area contributed by atoms with Crippen LogP contribution in [0.25, 0.3) is 0 Å². The fourth-order valence-corrected chi connectivity index (χ4v) is 2.03. The van der Waals surface area contributed by atoms with Crippen molar-refractivity contribution in [1.82, 2.24) is 5.43 Å². The molecule has 0 spiro atoms. The molecule has 136 valence electrons. The van der Waals surface area contributed by atoms with Crippen molar-refractivity contribution in [3.05, 3.63) is 64.2 Å². The highest BCUT2D eigenvalue weighted by Gasteiger charge is 2.14. The van der Waals surface area contributed by atoms with Crippen molar-refractivity contribution in [2.45, 2.75) is 20.0 Å². The summed E-state index contributed by atoms with van der Waals surface area (Å²) in [5, 5.41) is 14.5. The Balaban J connectivity index is 1.91. The number of carbonyl (C=O) groups excluding carboxylic acids is 1. The molecule has 0 aliphatic heterocycles. The second kappa shape index (κ2) is 9.16. The fourth-order valence-electron chi connectivity index (χ4n) is 2.03. The maximum absolute atomic E-state index is 12.0. The van der Waals surface area contributed by atoms with Crippen molar-refractivity contribution in [3.8, 4) is 11.5 Å². The lowest BCUT2D eigenvalue weighted by atomic mass is 10.2. The van der Waals surface area contributed by atoms with Crippen molar-refractivity contribution >= 4 is 17.8 Å². The van der Waals surface area contributed by atoms with Crippen molar-refractivity contribution in [2.24, 2.45) is 5.10 Å². The molecule has 0 aromatic heterocycles. The standard InChI is InChI=1S/C18H19N3O5/c1-3-25-17-7-5-4-6-14(17)12-19-20-18(22)13(2)26-16-10-8-15(9-11-16)21(23)24/h4-13H,3H2,1-2H3,(H,20,22)/b19-12-/t13-/m1/s1.